The molecule has 3 aromatic rings. The van der Waals surface area contributed by atoms with E-state index in [9.17, 15) is 4.79 Å². The molecule has 2 heterocycles. The summed E-state index contributed by atoms with van der Waals surface area (Å²) in [6, 6.07) is 7.77. The molecule has 0 unspecified atom stereocenters. The monoisotopic (exact) mass is 285 g/mol. The van der Waals surface area contributed by atoms with Crippen LogP contribution in [0.25, 0.3) is 16.5 Å². The van der Waals surface area contributed by atoms with E-state index in [1.54, 1.807) is 24.0 Å². The molecule has 0 bridgehead atoms. The summed E-state index contributed by atoms with van der Waals surface area (Å²) in [7, 11) is 0. The molecular formula is C15H12ClN3O. The molecule has 20 heavy (non-hydrogen) atoms. The van der Waals surface area contributed by atoms with Crippen LogP contribution in [0.2, 0.25) is 5.02 Å². The SMILES string of the molecule is CC(=O)c1c(Cl)c(C)nn1-c1ccc2ccncc2c1. The summed E-state index contributed by atoms with van der Waals surface area (Å²) in [6.45, 7) is 3.27. The molecule has 100 valence electrons. The van der Waals surface area contributed by atoms with Crippen molar-refractivity contribution in [1.29, 1.82) is 0 Å². The molecule has 3 rings (SSSR count). The minimum atomic E-state index is -0.109. The first-order valence-corrected chi connectivity index (χ1v) is 6.56. The number of carbonyl (C=O) groups excluding carboxylic acids is 1. The predicted molar refractivity (Wildman–Crippen MR) is 78.6 cm³/mol. The van der Waals surface area contributed by atoms with Crippen molar-refractivity contribution in [3.05, 3.63) is 53.1 Å². The van der Waals surface area contributed by atoms with Gasteiger partial charge in [-0.2, -0.15) is 5.10 Å². The highest BCUT2D eigenvalue weighted by atomic mass is 35.5. The highest BCUT2D eigenvalue weighted by molar-refractivity contribution is 6.34. The van der Waals surface area contributed by atoms with Crippen LogP contribution >= 0.6 is 11.6 Å². The number of fused-ring (bicyclic) bond motifs is 1. The van der Waals surface area contributed by atoms with Crippen molar-refractivity contribution in [3.63, 3.8) is 0 Å². The topological polar surface area (TPSA) is 47.8 Å². The fourth-order valence-electron chi connectivity index (χ4n) is 2.20. The predicted octanol–water partition coefficient (Wildman–Crippen LogP) is 3.58. The van der Waals surface area contributed by atoms with Gasteiger partial charge in [0.05, 0.1) is 16.4 Å². The van der Waals surface area contributed by atoms with Crippen LogP contribution in [0, 0.1) is 6.92 Å². The summed E-state index contributed by atoms with van der Waals surface area (Å²) in [5.41, 5.74) is 1.85. The maximum absolute atomic E-state index is 11.8. The Labute approximate surface area is 121 Å². The standard InChI is InChI=1S/C15H12ClN3O/c1-9-14(16)15(10(2)20)19(18-9)13-4-3-11-5-6-17-8-12(11)7-13/h3-8H,1-2H3. The van der Waals surface area contributed by atoms with Gasteiger partial charge in [-0.15, -0.1) is 0 Å². The molecule has 5 heteroatoms. The van der Waals surface area contributed by atoms with Gasteiger partial charge < -0.3 is 0 Å². The fourth-order valence-corrected chi connectivity index (χ4v) is 2.45. The lowest BCUT2D eigenvalue weighted by atomic mass is 10.1. The van der Waals surface area contributed by atoms with Crippen molar-refractivity contribution in [1.82, 2.24) is 14.8 Å². The van der Waals surface area contributed by atoms with Crippen LogP contribution in [0.4, 0.5) is 0 Å². The third-order valence-corrected chi connectivity index (χ3v) is 3.64. The van der Waals surface area contributed by atoms with Crippen LogP contribution in [0.5, 0.6) is 0 Å². The summed E-state index contributed by atoms with van der Waals surface area (Å²) < 4.78 is 1.59. The molecule has 0 amide bonds. The molecule has 0 fully saturated rings. The van der Waals surface area contributed by atoms with E-state index in [1.807, 2.05) is 24.3 Å². The number of pyridine rings is 1. The van der Waals surface area contributed by atoms with Gasteiger partial charge in [0.25, 0.3) is 0 Å². The summed E-state index contributed by atoms with van der Waals surface area (Å²) >= 11 is 6.16. The molecule has 0 saturated carbocycles. The van der Waals surface area contributed by atoms with E-state index in [0.717, 1.165) is 16.5 Å². The number of hydrogen-bond donors (Lipinski definition) is 0. The first-order valence-electron chi connectivity index (χ1n) is 6.18. The van der Waals surface area contributed by atoms with E-state index in [2.05, 4.69) is 10.1 Å². The quantitative estimate of drug-likeness (QED) is 0.676. The average Bonchev–Trinajstić information content (AvgIpc) is 2.74. The highest BCUT2D eigenvalue weighted by Gasteiger charge is 2.18. The van der Waals surface area contributed by atoms with E-state index in [-0.39, 0.29) is 5.78 Å². The highest BCUT2D eigenvalue weighted by Crippen LogP contribution is 2.25. The second kappa shape index (κ2) is 4.72. The number of ketones is 1. The van der Waals surface area contributed by atoms with Gasteiger partial charge in [0.2, 0.25) is 0 Å². The van der Waals surface area contributed by atoms with Gasteiger partial charge in [-0.3, -0.25) is 9.78 Å². The summed E-state index contributed by atoms with van der Waals surface area (Å²) in [4.78, 5) is 15.9. The van der Waals surface area contributed by atoms with Crippen LogP contribution < -0.4 is 0 Å². The average molecular weight is 286 g/mol. The Balaban J connectivity index is 2.25. The summed E-state index contributed by atoms with van der Waals surface area (Å²) in [5.74, 6) is -0.109. The van der Waals surface area contributed by atoms with E-state index in [0.29, 0.717) is 16.4 Å². The lowest BCUT2D eigenvalue weighted by molar-refractivity contribution is 0.101. The lowest BCUT2D eigenvalue weighted by Gasteiger charge is -2.06. The second-order valence-electron chi connectivity index (χ2n) is 4.62. The van der Waals surface area contributed by atoms with Crippen molar-refractivity contribution < 1.29 is 4.79 Å². The van der Waals surface area contributed by atoms with Crippen molar-refractivity contribution in [2.24, 2.45) is 0 Å². The molecule has 0 aliphatic heterocycles. The molecule has 0 radical (unpaired) electrons. The molecule has 0 N–H and O–H groups in total. The number of carbonyl (C=O) groups is 1. The van der Waals surface area contributed by atoms with Crippen molar-refractivity contribution in [3.8, 4) is 5.69 Å². The number of aryl methyl sites for hydroxylation is 1. The Morgan fingerprint density at radius 2 is 2.05 bits per heavy atom. The Morgan fingerprint density at radius 1 is 1.25 bits per heavy atom. The zero-order valence-corrected chi connectivity index (χ0v) is 11.8. The third-order valence-electron chi connectivity index (χ3n) is 3.19. The number of hydrogen-bond acceptors (Lipinski definition) is 3. The number of halogens is 1. The molecule has 0 spiro atoms. The second-order valence-corrected chi connectivity index (χ2v) is 5.00. The van der Waals surface area contributed by atoms with Gasteiger partial charge in [0, 0.05) is 24.7 Å². The van der Waals surface area contributed by atoms with E-state index >= 15 is 0 Å². The van der Waals surface area contributed by atoms with Crippen LogP contribution in [0.15, 0.2) is 36.7 Å². The maximum Gasteiger partial charge on any atom is 0.179 e. The Kier molecular flexibility index (Phi) is 3.03. The number of nitrogens with zero attached hydrogens (tertiary/aromatic N) is 3. The van der Waals surface area contributed by atoms with Crippen molar-refractivity contribution in [2.45, 2.75) is 13.8 Å². The van der Waals surface area contributed by atoms with Crippen LogP contribution in [-0.2, 0) is 0 Å². The summed E-state index contributed by atoms with van der Waals surface area (Å²) in [6.07, 6.45) is 3.53. The largest absolute Gasteiger partial charge is 0.293 e. The van der Waals surface area contributed by atoms with Crippen LogP contribution in [-0.4, -0.2) is 20.5 Å². The van der Waals surface area contributed by atoms with E-state index in [1.165, 1.54) is 6.92 Å². The number of Topliss-reactive ketones (excluding diaryl/α,β-unsaturated/α-hetero) is 1. The Bertz CT molecular complexity index is 823. The number of aromatic nitrogens is 3. The molecule has 4 nitrogen and oxygen atoms in total. The summed E-state index contributed by atoms with van der Waals surface area (Å²) in [5, 5.41) is 6.83. The van der Waals surface area contributed by atoms with Gasteiger partial charge >= 0.3 is 0 Å². The molecule has 0 aliphatic carbocycles. The Hall–Kier alpha value is -2.20. The van der Waals surface area contributed by atoms with Crippen molar-refractivity contribution >= 4 is 28.2 Å². The van der Waals surface area contributed by atoms with Gasteiger partial charge in [-0.05, 0) is 30.5 Å². The van der Waals surface area contributed by atoms with Crippen molar-refractivity contribution in [2.75, 3.05) is 0 Å². The maximum atomic E-state index is 11.8. The fraction of sp³-hybridized carbons (Fsp3) is 0.133. The molecule has 1 aromatic carbocycles. The zero-order chi connectivity index (χ0) is 14.3. The van der Waals surface area contributed by atoms with Gasteiger partial charge in [-0.1, -0.05) is 17.7 Å². The Morgan fingerprint density at radius 3 is 2.80 bits per heavy atom. The number of rotatable bonds is 2. The van der Waals surface area contributed by atoms with Crippen LogP contribution in [0.1, 0.15) is 23.1 Å². The molecule has 0 aliphatic rings. The van der Waals surface area contributed by atoms with Gasteiger partial charge in [0.15, 0.2) is 5.78 Å². The van der Waals surface area contributed by atoms with Gasteiger partial charge in [0.1, 0.15) is 5.69 Å². The third kappa shape index (κ3) is 1.98. The van der Waals surface area contributed by atoms with E-state index in [4.69, 9.17) is 11.6 Å². The van der Waals surface area contributed by atoms with E-state index < -0.39 is 0 Å². The van der Waals surface area contributed by atoms with Gasteiger partial charge in [-0.25, -0.2) is 4.68 Å². The normalized spacial score (nSPS) is 10.9. The smallest absolute Gasteiger partial charge is 0.179 e. The molecule has 0 atom stereocenters. The minimum absolute atomic E-state index is 0.109. The zero-order valence-electron chi connectivity index (χ0n) is 11.1. The minimum Gasteiger partial charge on any atom is -0.293 e. The lowest BCUT2D eigenvalue weighted by Crippen LogP contribution is -2.06. The molecule has 2 aromatic heterocycles. The van der Waals surface area contributed by atoms with Crippen LogP contribution in [0.3, 0.4) is 0 Å². The first kappa shape index (κ1) is 12.8. The first-order chi connectivity index (χ1) is 9.58. The number of benzene rings is 1. The molecule has 0 saturated heterocycles. The molecular weight excluding hydrogens is 274 g/mol.